The number of anilines is 1. The van der Waals surface area contributed by atoms with E-state index in [9.17, 15) is 4.79 Å². The van der Waals surface area contributed by atoms with Crippen molar-refractivity contribution in [1.82, 2.24) is 14.8 Å². The van der Waals surface area contributed by atoms with E-state index in [1.165, 1.54) is 0 Å². The Morgan fingerprint density at radius 2 is 1.77 bits per heavy atom. The maximum absolute atomic E-state index is 12.9. The van der Waals surface area contributed by atoms with Crippen LogP contribution >= 0.6 is 23.2 Å². The first-order valence-corrected chi connectivity index (χ1v) is 10.1. The first-order valence-electron chi connectivity index (χ1n) is 9.39. The zero-order chi connectivity index (χ0) is 22.0. The first-order chi connectivity index (χ1) is 14.9. The molecule has 156 valence electrons. The lowest BCUT2D eigenvalue weighted by Gasteiger charge is -2.07. The number of benzene rings is 3. The molecule has 0 bridgehead atoms. The van der Waals surface area contributed by atoms with Crippen LogP contribution in [0.2, 0.25) is 10.0 Å². The van der Waals surface area contributed by atoms with Gasteiger partial charge in [-0.15, -0.1) is 5.10 Å². The summed E-state index contributed by atoms with van der Waals surface area (Å²) in [6.45, 7) is 2.00. The van der Waals surface area contributed by atoms with Gasteiger partial charge in [0.15, 0.2) is 5.82 Å². The molecule has 0 atom stereocenters. The fraction of sp³-hybridized carbons (Fsp3) is 0.0870. The summed E-state index contributed by atoms with van der Waals surface area (Å²) in [5.41, 5.74) is 3.16. The second kappa shape index (κ2) is 8.79. The van der Waals surface area contributed by atoms with Crippen molar-refractivity contribution >= 4 is 34.8 Å². The molecule has 1 heterocycles. The highest BCUT2D eigenvalue weighted by molar-refractivity contribution is 6.42. The summed E-state index contributed by atoms with van der Waals surface area (Å²) >= 11 is 12.0. The standard InChI is InChI=1S/C23H18Cl2N4O2/c1-14-4-3-5-15(12-14)22-27-21(23(30)26-16-6-11-19(24)20(25)13-16)28-29(22)17-7-9-18(31-2)10-8-17/h3-13H,1-2H3,(H,26,30). The molecule has 0 saturated carbocycles. The molecule has 0 aliphatic heterocycles. The highest BCUT2D eigenvalue weighted by Gasteiger charge is 2.19. The number of rotatable bonds is 5. The third-order valence-electron chi connectivity index (χ3n) is 4.58. The van der Waals surface area contributed by atoms with Gasteiger partial charge in [0.25, 0.3) is 5.91 Å². The number of aromatic nitrogens is 3. The van der Waals surface area contributed by atoms with E-state index in [1.807, 2.05) is 55.5 Å². The third-order valence-corrected chi connectivity index (χ3v) is 5.32. The molecule has 3 aromatic carbocycles. The van der Waals surface area contributed by atoms with Gasteiger partial charge < -0.3 is 10.1 Å². The number of hydrogen-bond donors (Lipinski definition) is 1. The number of ether oxygens (including phenoxy) is 1. The van der Waals surface area contributed by atoms with Crippen LogP contribution in [-0.2, 0) is 0 Å². The minimum Gasteiger partial charge on any atom is -0.497 e. The van der Waals surface area contributed by atoms with Crippen LogP contribution in [0, 0.1) is 6.92 Å². The molecule has 1 N–H and O–H groups in total. The molecule has 0 fully saturated rings. The Hall–Kier alpha value is -3.35. The van der Waals surface area contributed by atoms with Gasteiger partial charge in [0, 0.05) is 11.3 Å². The van der Waals surface area contributed by atoms with Crippen LogP contribution < -0.4 is 10.1 Å². The van der Waals surface area contributed by atoms with E-state index in [0.717, 1.165) is 22.6 Å². The van der Waals surface area contributed by atoms with Gasteiger partial charge >= 0.3 is 0 Å². The molecule has 0 aliphatic carbocycles. The highest BCUT2D eigenvalue weighted by atomic mass is 35.5. The number of nitrogens with one attached hydrogen (secondary N) is 1. The Bertz CT molecular complexity index is 1250. The molecular formula is C23H18Cl2N4O2. The van der Waals surface area contributed by atoms with E-state index in [2.05, 4.69) is 15.4 Å². The largest absolute Gasteiger partial charge is 0.497 e. The zero-order valence-electron chi connectivity index (χ0n) is 16.8. The Morgan fingerprint density at radius 3 is 2.45 bits per heavy atom. The topological polar surface area (TPSA) is 69.0 Å². The minimum absolute atomic E-state index is 0.0263. The summed E-state index contributed by atoms with van der Waals surface area (Å²) in [7, 11) is 1.61. The van der Waals surface area contributed by atoms with Gasteiger partial charge in [-0.05, 0) is 55.5 Å². The van der Waals surface area contributed by atoms with E-state index in [0.29, 0.717) is 21.6 Å². The van der Waals surface area contributed by atoms with Gasteiger partial charge in [-0.25, -0.2) is 9.67 Å². The number of halogens is 2. The average molecular weight is 453 g/mol. The van der Waals surface area contributed by atoms with Gasteiger partial charge in [0.2, 0.25) is 5.82 Å². The van der Waals surface area contributed by atoms with Crippen LogP contribution in [0.3, 0.4) is 0 Å². The summed E-state index contributed by atoms with van der Waals surface area (Å²) < 4.78 is 6.87. The Labute approximate surface area is 189 Å². The molecule has 8 heteroatoms. The molecule has 6 nitrogen and oxygen atoms in total. The van der Waals surface area contributed by atoms with Crippen molar-refractivity contribution in [2.45, 2.75) is 6.92 Å². The number of nitrogens with zero attached hydrogens (tertiary/aromatic N) is 3. The van der Waals surface area contributed by atoms with E-state index in [-0.39, 0.29) is 5.82 Å². The predicted octanol–water partition coefficient (Wildman–Crippen LogP) is 5.81. The molecule has 0 radical (unpaired) electrons. The molecule has 1 aromatic heterocycles. The number of carbonyl (C=O) groups excluding carboxylic acids is 1. The SMILES string of the molecule is COc1ccc(-n2nc(C(=O)Nc3ccc(Cl)c(Cl)c3)nc2-c2cccc(C)c2)cc1. The van der Waals surface area contributed by atoms with Crippen molar-refractivity contribution in [3.63, 3.8) is 0 Å². The quantitative estimate of drug-likeness (QED) is 0.414. The molecule has 1 amide bonds. The number of hydrogen-bond acceptors (Lipinski definition) is 4. The monoisotopic (exact) mass is 452 g/mol. The van der Waals surface area contributed by atoms with Crippen LogP contribution in [0.1, 0.15) is 16.2 Å². The third kappa shape index (κ3) is 4.55. The van der Waals surface area contributed by atoms with Crippen LogP contribution in [0.15, 0.2) is 66.7 Å². The van der Waals surface area contributed by atoms with Gasteiger partial charge in [-0.3, -0.25) is 4.79 Å². The fourth-order valence-corrected chi connectivity index (χ4v) is 3.34. The first kappa shape index (κ1) is 20.9. The summed E-state index contributed by atoms with van der Waals surface area (Å²) in [6, 6.07) is 20.1. The van der Waals surface area contributed by atoms with Crippen LogP contribution in [0.4, 0.5) is 5.69 Å². The minimum atomic E-state index is -0.459. The van der Waals surface area contributed by atoms with Crippen LogP contribution in [0.5, 0.6) is 5.75 Å². The van der Waals surface area contributed by atoms with Gasteiger partial charge in [0.1, 0.15) is 5.75 Å². The summed E-state index contributed by atoms with van der Waals surface area (Å²) in [5.74, 6) is 0.838. The smallest absolute Gasteiger partial charge is 0.295 e. The fourth-order valence-electron chi connectivity index (χ4n) is 3.04. The maximum Gasteiger partial charge on any atom is 0.295 e. The summed E-state index contributed by atoms with van der Waals surface area (Å²) in [4.78, 5) is 17.4. The molecule has 0 saturated heterocycles. The van der Waals surface area contributed by atoms with Crippen molar-refractivity contribution in [2.75, 3.05) is 12.4 Å². The lowest BCUT2D eigenvalue weighted by Crippen LogP contribution is -2.14. The zero-order valence-corrected chi connectivity index (χ0v) is 18.3. The van der Waals surface area contributed by atoms with Crippen LogP contribution in [-0.4, -0.2) is 27.8 Å². The highest BCUT2D eigenvalue weighted by Crippen LogP contribution is 2.26. The molecule has 0 unspecified atom stereocenters. The van der Waals surface area contributed by atoms with E-state index in [4.69, 9.17) is 27.9 Å². The number of carbonyl (C=O) groups is 1. The van der Waals surface area contributed by atoms with Gasteiger partial charge in [-0.1, -0.05) is 47.0 Å². The lowest BCUT2D eigenvalue weighted by molar-refractivity contribution is 0.101. The Balaban J connectivity index is 1.74. The molecule has 31 heavy (non-hydrogen) atoms. The number of methoxy groups -OCH3 is 1. The second-order valence-electron chi connectivity index (χ2n) is 6.82. The van der Waals surface area contributed by atoms with E-state index in [1.54, 1.807) is 30.0 Å². The van der Waals surface area contributed by atoms with Gasteiger partial charge in [0.05, 0.1) is 22.8 Å². The van der Waals surface area contributed by atoms with Crippen molar-refractivity contribution in [1.29, 1.82) is 0 Å². The van der Waals surface area contributed by atoms with Gasteiger partial charge in [-0.2, -0.15) is 0 Å². The second-order valence-corrected chi connectivity index (χ2v) is 7.64. The van der Waals surface area contributed by atoms with Crippen molar-refractivity contribution in [3.8, 4) is 22.8 Å². The van der Waals surface area contributed by atoms with Crippen molar-refractivity contribution in [3.05, 3.63) is 88.2 Å². The van der Waals surface area contributed by atoms with Crippen molar-refractivity contribution < 1.29 is 9.53 Å². The number of aryl methyl sites for hydroxylation is 1. The van der Waals surface area contributed by atoms with Crippen LogP contribution in [0.25, 0.3) is 17.1 Å². The lowest BCUT2D eigenvalue weighted by atomic mass is 10.1. The molecular weight excluding hydrogens is 435 g/mol. The maximum atomic E-state index is 12.9. The van der Waals surface area contributed by atoms with E-state index >= 15 is 0 Å². The molecule has 4 aromatic rings. The molecule has 4 rings (SSSR count). The Kier molecular flexibility index (Phi) is 5.93. The summed E-state index contributed by atoms with van der Waals surface area (Å²) in [5, 5.41) is 7.98. The molecule has 0 aliphatic rings. The number of amides is 1. The normalized spacial score (nSPS) is 10.7. The average Bonchev–Trinajstić information content (AvgIpc) is 3.22. The van der Waals surface area contributed by atoms with E-state index < -0.39 is 5.91 Å². The predicted molar refractivity (Wildman–Crippen MR) is 122 cm³/mol. The summed E-state index contributed by atoms with van der Waals surface area (Å²) in [6.07, 6.45) is 0. The molecule has 0 spiro atoms. The Morgan fingerprint density at radius 1 is 1.00 bits per heavy atom. The van der Waals surface area contributed by atoms with Crippen molar-refractivity contribution in [2.24, 2.45) is 0 Å².